The Labute approximate surface area is 112 Å². The van der Waals surface area contributed by atoms with Gasteiger partial charge in [0.15, 0.2) is 0 Å². The van der Waals surface area contributed by atoms with Gasteiger partial charge in [-0.15, -0.1) is 0 Å². The Morgan fingerprint density at radius 1 is 1.22 bits per heavy atom. The number of hydrogen-bond donors (Lipinski definition) is 1. The zero-order valence-electron chi connectivity index (χ0n) is 10.8. The van der Waals surface area contributed by atoms with Crippen LogP contribution in [0.5, 0.6) is 6.01 Å². The zero-order chi connectivity index (χ0) is 13.0. The molecule has 6 heteroatoms. The van der Waals surface area contributed by atoms with E-state index in [-0.39, 0.29) is 11.3 Å². The molecule has 1 aromatic rings. The van der Waals surface area contributed by atoms with E-state index in [0.717, 1.165) is 18.8 Å². The Kier molecular flexibility index (Phi) is 4.58. The van der Waals surface area contributed by atoms with Crippen LogP contribution in [-0.4, -0.2) is 27.6 Å². The molecule has 1 aromatic heterocycles. The first-order valence-electron chi connectivity index (χ1n) is 6.48. The second kappa shape index (κ2) is 6.18. The molecule has 1 heterocycles. The van der Waals surface area contributed by atoms with Gasteiger partial charge in [-0.25, -0.2) is 0 Å². The first kappa shape index (κ1) is 13.3. The number of ether oxygens (including phenoxy) is 1. The second-order valence-corrected chi connectivity index (χ2v) is 5.08. The molecule has 0 saturated heterocycles. The number of hydrogen-bond acceptors (Lipinski definition) is 5. The molecule has 0 bridgehead atoms. The third kappa shape index (κ3) is 3.70. The molecule has 0 spiro atoms. The van der Waals surface area contributed by atoms with Gasteiger partial charge in [-0.1, -0.05) is 6.92 Å². The quantitative estimate of drug-likeness (QED) is 0.912. The van der Waals surface area contributed by atoms with Gasteiger partial charge in [-0.3, -0.25) is 0 Å². The SMILES string of the molecule is CCOc1nc(Cl)nc(NC2CCC(C)CC2)n1. The molecule has 2 rings (SSSR count). The van der Waals surface area contributed by atoms with Crippen molar-refractivity contribution in [3.8, 4) is 6.01 Å². The van der Waals surface area contributed by atoms with Crippen LogP contribution in [0.4, 0.5) is 5.95 Å². The van der Waals surface area contributed by atoms with E-state index in [1.165, 1.54) is 12.8 Å². The fraction of sp³-hybridized carbons (Fsp3) is 0.750. The van der Waals surface area contributed by atoms with Crippen LogP contribution in [-0.2, 0) is 0 Å². The number of aromatic nitrogens is 3. The lowest BCUT2D eigenvalue weighted by Crippen LogP contribution is -2.26. The Morgan fingerprint density at radius 3 is 2.61 bits per heavy atom. The topological polar surface area (TPSA) is 59.9 Å². The number of nitrogens with zero attached hydrogens (tertiary/aromatic N) is 3. The van der Waals surface area contributed by atoms with E-state index in [0.29, 0.717) is 18.6 Å². The molecule has 1 aliphatic rings. The third-order valence-corrected chi connectivity index (χ3v) is 3.38. The fourth-order valence-electron chi connectivity index (χ4n) is 2.18. The number of nitrogens with one attached hydrogen (secondary N) is 1. The van der Waals surface area contributed by atoms with Gasteiger partial charge in [0.1, 0.15) is 0 Å². The van der Waals surface area contributed by atoms with Gasteiger partial charge < -0.3 is 10.1 Å². The van der Waals surface area contributed by atoms with Crippen molar-refractivity contribution in [2.45, 2.75) is 45.6 Å². The van der Waals surface area contributed by atoms with E-state index in [1.54, 1.807) is 0 Å². The molecule has 1 fully saturated rings. The lowest BCUT2D eigenvalue weighted by molar-refractivity contribution is 0.311. The number of halogens is 1. The van der Waals surface area contributed by atoms with Gasteiger partial charge in [0.25, 0.3) is 0 Å². The Morgan fingerprint density at radius 2 is 1.94 bits per heavy atom. The maximum Gasteiger partial charge on any atom is 0.322 e. The summed E-state index contributed by atoms with van der Waals surface area (Å²) in [6, 6.07) is 0.707. The highest BCUT2D eigenvalue weighted by Gasteiger charge is 2.19. The second-order valence-electron chi connectivity index (χ2n) is 4.74. The number of rotatable bonds is 4. The molecule has 1 N–H and O–H groups in total. The van der Waals surface area contributed by atoms with Crippen LogP contribution in [0.3, 0.4) is 0 Å². The van der Waals surface area contributed by atoms with Crippen molar-refractivity contribution in [1.82, 2.24) is 15.0 Å². The van der Waals surface area contributed by atoms with Crippen molar-refractivity contribution in [3.63, 3.8) is 0 Å². The van der Waals surface area contributed by atoms with Crippen LogP contribution in [0, 0.1) is 5.92 Å². The monoisotopic (exact) mass is 270 g/mol. The van der Waals surface area contributed by atoms with Crippen molar-refractivity contribution in [2.24, 2.45) is 5.92 Å². The largest absolute Gasteiger partial charge is 0.464 e. The number of anilines is 1. The molecule has 1 aliphatic carbocycles. The minimum absolute atomic E-state index is 0.167. The van der Waals surface area contributed by atoms with Gasteiger partial charge in [-0.05, 0) is 50.1 Å². The van der Waals surface area contributed by atoms with E-state index >= 15 is 0 Å². The van der Waals surface area contributed by atoms with Crippen LogP contribution in [0.15, 0.2) is 0 Å². The summed E-state index contributed by atoms with van der Waals surface area (Å²) in [7, 11) is 0. The van der Waals surface area contributed by atoms with Crippen LogP contribution in [0.2, 0.25) is 5.28 Å². The molecular formula is C12H19ClN4O. The molecule has 5 nitrogen and oxygen atoms in total. The fourth-order valence-corrected chi connectivity index (χ4v) is 2.33. The van der Waals surface area contributed by atoms with Gasteiger partial charge in [-0.2, -0.15) is 15.0 Å². The molecular weight excluding hydrogens is 252 g/mol. The molecule has 0 unspecified atom stereocenters. The Balaban J connectivity index is 2.00. The molecule has 0 aromatic carbocycles. The lowest BCUT2D eigenvalue weighted by Gasteiger charge is -2.26. The normalized spacial score (nSPS) is 23.7. The minimum Gasteiger partial charge on any atom is -0.464 e. The summed E-state index contributed by atoms with van der Waals surface area (Å²) in [6.07, 6.45) is 4.78. The van der Waals surface area contributed by atoms with Crippen molar-refractivity contribution < 1.29 is 4.74 Å². The van der Waals surface area contributed by atoms with Gasteiger partial charge in [0, 0.05) is 6.04 Å². The van der Waals surface area contributed by atoms with Gasteiger partial charge >= 0.3 is 6.01 Å². The van der Waals surface area contributed by atoms with Crippen LogP contribution in [0.1, 0.15) is 39.5 Å². The third-order valence-electron chi connectivity index (χ3n) is 3.21. The van der Waals surface area contributed by atoms with Crippen molar-refractivity contribution in [1.29, 1.82) is 0 Å². The van der Waals surface area contributed by atoms with Crippen LogP contribution < -0.4 is 10.1 Å². The lowest BCUT2D eigenvalue weighted by atomic mass is 9.87. The first-order chi connectivity index (χ1) is 8.67. The van der Waals surface area contributed by atoms with Crippen molar-refractivity contribution in [3.05, 3.63) is 5.28 Å². The highest BCUT2D eigenvalue weighted by Crippen LogP contribution is 2.25. The van der Waals surface area contributed by atoms with E-state index in [9.17, 15) is 0 Å². The van der Waals surface area contributed by atoms with E-state index < -0.39 is 0 Å². The van der Waals surface area contributed by atoms with Gasteiger partial charge in [0.2, 0.25) is 11.2 Å². The maximum atomic E-state index is 5.84. The average molecular weight is 271 g/mol. The maximum absolute atomic E-state index is 5.84. The summed E-state index contributed by atoms with van der Waals surface area (Å²) >= 11 is 5.84. The smallest absolute Gasteiger partial charge is 0.322 e. The van der Waals surface area contributed by atoms with Crippen LogP contribution >= 0.6 is 11.6 Å². The zero-order valence-corrected chi connectivity index (χ0v) is 11.6. The standard InChI is InChI=1S/C12H19ClN4O/c1-3-18-12-16-10(13)15-11(17-12)14-9-6-4-8(2)5-7-9/h8-9H,3-7H2,1-2H3,(H,14,15,16,17). The highest BCUT2D eigenvalue weighted by atomic mass is 35.5. The van der Waals surface area contributed by atoms with Crippen molar-refractivity contribution >= 4 is 17.5 Å². The average Bonchev–Trinajstić information content (AvgIpc) is 2.32. The molecule has 1 saturated carbocycles. The van der Waals surface area contributed by atoms with E-state index in [2.05, 4.69) is 27.2 Å². The van der Waals surface area contributed by atoms with Gasteiger partial charge in [0.05, 0.1) is 6.61 Å². The van der Waals surface area contributed by atoms with Crippen LogP contribution in [0.25, 0.3) is 0 Å². The van der Waals surface area contributed by atoms with E-state index in [1.807, 2.05) is 6.92 Å². The predicted octanol–water partition coefficient (Wildman–Crippen LogP) is 2.91. The summed E-state index contributed by atoms with van der Waals surface area (Å²) in [5.41, 5.74) is 0. The summed E-state index contributed by atoms with van der Waals surface area (Å²) in [5, 5.41) is 3.48. The summed E-state index contributed by atoms with van der Waals surface area (Å²) < 4.78 is 5.25. The molecule has 0 aliphatic heterocycles. The molecule has 0 atom stereocenters. The summed E-state index contributed by atoms with van der Waals surface area (Å²) in [6.45, 7) is 4.69. The Hall–Kier alpha value is -1.10. The molecule has 100 valence electrons. The predicted molar refractivity (Wildman–Crippen MR) is 71.0 cm³/mol. The molecule has 18 heavy (non-hydrogen) atoms. The first-order valence-corrected chi connectivity index (χ1v) is 6.86. The Bertz CT molecular complexity index is 394. The summed E-state index contributed by atoms with van der Waals surface area (Å²) in [4.78, 5) is 12.2. The minimum atomic E-state index is 0.167. The summed E-state index contributed by atoms with van der Waals surface area (Å²) in [5.74, 6) is 1.34. The van der Waals surface area contributed by atoms with E-state index in [4.69, 9.17) is 16.3 Å². The highest BCUT2D eigenvalue weighted by molar-refractivity contribution is 6.28. The van der Waals surface area contributed by atoms with Crippen molar-refractivity contribution in [2.75, 3.05) is 11.9 Å². The molecule has 0 amide bonds. The molecule has 0 radical (unpaired) electrons.